The highest BCUT2D eigenvalue weighted by Crippen LogP contribution is 2.64. The fourth-order valence-corrected chi connectivity index (χ4v) is 4.61. The summed E-state index contributed by atoms with van der Waals surface area (Å²) >= 11 is 0. The Balaban J connectivity index is 2.34. The fraction of sp³-hybridized carbons (Fsp3) is 0.812. The number of rotatable bonds is 4. The number of nitrogens with two attached hydrogens (primary N) is 1. The standard InChI is InChI=1S/C16H27NO2/c1-5-10-6-11-8-16(9-17,12(11)7-10)13(14(18)19)15(2,3)4/h7,11-13H,5-6,8-9,17H2,1-4H3,(H,18,19)/t11-,12+,13?,16+/m0/s1. The van der Waals surface area contributed by atoms with Crippen LogP contribution in [0.25, 0.3) is 0 Å². The number of carboxylic acids is 1. The maximum absolute atomic E-state index is 11.8. The summed E-state index contributed by atoms with van der Waals surface area (Å²) in [7, 11) is 0. The smallest absolute Gasteiger partial charge is 0.307 e. The van der Waals surface area contributed by atoms with E-state index in [0.29, 0.717) is 18.4 Å². The molecule has 1 fully saturated rings. The van der Waals surface area contributed by atoms with Crippen LogP contribution in [0.5, 0.6) is 0 Å². The number of hydrogen-bond acceptors (Lipinski definition) is 2. The largest absolute Gasteiger partial charge is 0.481 e. The van der Waals surface area contributed by atoms with Crippen molar-refractivity contribution in [3.8, 4) is 0 Å². The summed E-state index contributed by atoms with van der Waals surface area (Å²) < 4.78 is 0. The minimum atomic E-state index is -0.685. The quantitative estimate of drug-likeness (QED) is 0.768. The first kappa shape index (κ1) is 14.6. The van der Waals surface area contributed by atoms with E-state index in [1.807, 2.05) is 20.8 Å². The molecule has 0 aromatic carbocycles. The van der Waals surface area contributed by atoms with Crippen LogP contribution in [-0.2, 0) is 4.79 Å². The van der Waals surface area contributed by atoms with Crippen molar-refractivity contribution in [3.63, 3.8) is 0 Å². The molecular formula is C16H27NO2. The lowest BCUT2D eigenvalue weighted by Gasteiger charge is -2.58. The van der Waals surface area contributed by atoms with Crippen LogP contribution in [0, 0.1) is 28.6 Å². The van der Waals surface area contributed by atoms with Gasteiger partial charge >= 0.3 is 5.97 Å². The summed E-state index contributed by atoms with van der Waals surface area (Å²) in [6.45, 7) is 8.73. The van der Waals surface area contributed by atoms with Crippen LogP contribution >= 0.6 is 0 Å². The lowest BCUT2D eigenvalue weighted by molar-refractivity contribution is -0.166. The summed E-state index contributed by atoms with van der Waals surface area (Å²) in [4.78, 5) is 11.8. The molecule has 0 saturated heterocycles. The maximum Gasteiger partial charge on any atom is 0.307 e. The minimum Gasteiger partial charge on any atom is -0.481 e. The van der Waals surface area contributed by atoms with Crippen molar-refractivity contribution in [1.29, 1.82) is 0 Å². The van der Waals surface area contributed by atoms with Gasteiger partial charge in [0.1, 0.15) is 0 Å². The summed E-state index contributed by atoms with van der Waals surface area (Å²) in [5, 5.41) is 9.71. The Kier molecular flexibility index (Phi) is 3.54. The normalized spacial score (nSPS) is 35.3. The molecule has 0 amide bonds. The molecule has 3 heteroatoms. The zero-order valence-electron chi connectivity index (χ0n) is 12.6. The first-order chi connectivity index (χ1) is 8.76. The fourth-order valence-electron chi connectivity index (χ4n) is 4.61. The molecule has 0 aliphatic heterocycles. The van der Waals surface area contributed by atoms with Crippen LogP contribution in [0.1, 0.15) is 47.0 Å². The molecule has 0 spiro atoms. The predicted octanol–water partition coefficient (Wildman–Crippen LogP) is 3.05. The maximum atomic E-state index is 11.8. The molecule has 0 aromatic rings. The van der Waals surface area contributed by atoms with Gasteiger partial charge < -0.3 is 10.8 Å². The molecule has 2 aliphatic carbocycles. The number of hydrogen-bond donors (Lipinski definition) is 2. The van der Waals surface area contributed by atoms with E-state index in [2.05, 4.69) is 13.0 Å². The zero-order valence-corrected chi connectivity index (χ0v) is 12.6. The average Bonchev–Trinajstić information content (AvgIpc) is 2.61. The Hall–Kier alpha value is -0.830. The molecule has 1 saturated carbocycles. The summed E-state index contributed by atoms with van der Waals surface area (Å²) in [6.07, 6.45) is 5.55. The Bertz CT molecular complexity index is 407. The molecule has 0 aromatic heterocycles. The Morgan fingerprint density at radius 3 is 2.63 bits per heavy atom. The van der Waals surface area contributed by atoms with Gasteiger partial charge in [-0.15, -0.1) is 0 Å². The van der Waals surface area contributed by atoms with E-state index < -0.39 is 5.97 Å². The van der Waals surface area contributed by atoms with E-state index in [1.165, 1.54) is 5.57 Å². The van der Waals surface area contributed by atoms with Gasteiger partial charge in [0.15, 0.2) is 0 Å². The first-order valence-corrected chi connectivity index (χ1v) is 7.38. The van der Waals surface area contributed by atoms with Gasteiger partial charge in [0.25, 0.3) is 0 Å². The molecule has 3 N–H and O–H groups in total. The molecule has 0 radical (unpaired) electrons. The molecular weight excluding hydrogens is 238 g/mol. The third-order valence-electron chi connectivity index (χ3n) is 5.28. The van der Waals surface area contributed by atoms with Gasteiger partial charge in [0.2, 0.25) is 0 Å². The third-order valence-corrected chi connectivity index (χ3v) is 5.28. The topological polar surface area (TPSA) is 63.3 Å². The molecule has 2 rings (SSSR count). The van der Waals surface area contributed by atoms with E-state index in [-0.39, 0.29) is 16.7 Å². The van der Waals surface area contributed by atoms with Crippen LogP contribution in [0.4, 0.5) is 0 Å². The number of allylic oxidation sites excluding steroid dienone is 2. The second kappa shape index (κ2) is 4.62. The summed E-state index contributed by atoms with van der Waals surface area (Å²) in [5.41, 5.74) is 7.06. The Morgan fingerprint density at radius 1 is 1.58 bits per heavy atom. The van der Waals surface area contributed by atoms with Crippen molar-refractivity contribution in [1.82, 2.24) is 0 Å². The molecule has 3 nitrogen and oxygen atoms in total. The van der Waals surface area contributed by atoms with Crippen LogP contribution in [0.15, 0.2) is 11.6 Å². The van der Waals surface area contributed by atoms with Crippen LogP contribution in [0.3, 0.4) is 0 Å². The van der Waals surface area contributed by atoms with Gasteiger partial charge in [-0.05, 0) is 43.1 Å². The molecule has 0 bridgehead atoms. The van der Waals surface area contributed by atoms with E-state index >= 15 is 0 Å². The van der Waals surface area contributed by atoms with Gasteiger partial charge in [-0.2, -0.15) is 0 Å². The molecule has 108 valence electrons. The Morgan fingerprint density at radius 2 is 2.21 bits per heavy atom. The van der Waals surface area contributed by atoms with Gasteiger partial charge in [-0.25, -0.2) is 0 Å². The van der Waals surface area contributed by atoms with Crippen molar-refractivity contribution < 1.29 is 9.90 Å². The highest BCUT2D eigenvalue weighted by molar-refractivity contribution is 5.72. The van der Waals surface area contributed by atoms with Crippen molar-refractivity contribution in [2.45, 2.75) is 47.0 Å². The molecule has 0 heterocycles. The van der Waals surface area contributed by atoms with E-state index in [9.17, 15) is 9.90 Å². The second-order valence-electron chi connectivity index (χ2n) is 7.45. The SMILES string of the molecule is CCC1=C[C@@H]2[C@@H](C1)C[C@]2(CN)C(C(=O)O)C(C)(C)C. The Labute approximate surface area is 116 Å². The number of carboxylic acid groups (broad SMARTS) is 1. The third kappa shape index (κ3) is 2.12. The molecule has 4 atom stereocenters. The summed E-state index contributed by atoms with van der Waals surface area (Å²) in [6, 6.07) is 0. The molecule has 19 heavy (non-hydrogen) atoms. The second-order valence-corrected chi connectivity index (χ2v) is 7.45. The van der Waals surface area contributed by atoms with Crippen LogP contribution in [-0.4, -0.2) is 17.6 Å². The van der Waals surface area contributed by atoms with Gasteiger partial charge in [-0.1, -0.05) is 39.3 Å². The lowest BCUT2D eigenvalue weighted by Crippen LogP contribution is -2.59. The van der Waals surface area contributed by atoms with Crippen molar-refractivity contribution >= 4 is 5.97 Å². The monoisotopic (exact) mass is 265 g/mol. The van der Waals surface area contributed by atoms with Crippen molar-refractivity contribution in [2.24, 2.45) is 34.3 Å². The van der Waals surface area contributed by atoms with E-state index in [1.54, 1.807) is 0 Å². The van der Waals surface area contributed by atoms with E-state index in [0.717, 1.165) is 19.3 Å². The average molecular weight is 265 g/mol. The number of aliphatic carboxylic acids is 1. The van der Waals surface area contributed by atoms with Gasteiger partial charge in [0, 0.05) is 5.41 Å². The predicted molar refractivity (Wildman–Crippen MR) is 76.7 cm³/mol. The van der Waals surface area contributed by atoms with Crippen molar-refractivity contribution in [3.05, 3.63) is 11.6 Å². The number of fused-ring (bicyclic) bond motifs is 1. The minimum absolute atomic E-state index is 0.230. The first-order valence-electron chi connectivity index (χ1n) is 7.38. The highest BCUT2D eigenvalue weighted by atomic mass is 16.4. The summed E-state index contributed by atoms with van der Waals surface area (Å²) in [5.74, 6) is -0.0241. The van der Waals surface area contributed by atoms with Crippen LogP contribution in [0.2, 0.25) is 0 Å². The molecule has 1 unspecified atom stereocenters. The lowest BCUT2D eigenvalue weighted by atomic mass is 9.46. The molecule has 2 aliphatic rings. The highest BCUT2D eigenvalue weighted by Gasteiger charge is 2.62. The van der Waals surface area contributed by atoms with Gasteiger partial charge in [-0.3, -0.25) is 4.79 Å². The van der Waals surface area contributed by atoms with Crippen LogP contribution < -0.4 is 5.73 Å². The number of carbonyl (C=O) groups is 1. The van der Waals surface area contributed by atoms with Gasteiger partial charge in [0.05, 0.1) is 5.92 Å². The van der Waals surface area contributed by atoms with E-state index in [4.69, 9.17) is 5.73 Å². The zero-order chi connectivity index (χ0) is 14.4. The van der Waals surface area contributed by atoms with Crippen molar-refractivity contribution in [2.75, 3.05) is 6.54 Å².